The Balaban J connectivity index is 1.92. The number of hydrogen-bond donors (Lipinski definition) is 1. The van der Waals surface area contributed by atoms with Crippen LogP contribution < -0.4 is 10.1 Å². The van der Waals surface area contributed by atoms with Crippen LogP contribution in [0.25, 0.3) is 10.8 Å². The minimum absolute atomic E-state index is 0.140. The molecule has 128 valence electrons. The maximum Gasteiger partial charge on any atom is 0.230 e. The lowest BCUT2D eigenvalue weighted by Crippen LogP contribution is -2.30. The van der Waals surface area contributed by atoms with Crippen LogP contribution in [-0.4, -0.2) is 12.0 Å². The summed E-state index contributed by atoms with van der Waals surface area (Å²) < 4.78 is 6.04. The van der Waals surface area contributed by atoms with Gasteiger partial charge in [-0.2, -0.15) is 0 Å². The predicted octanol–water partition coefficient (Wildman–Crippen LogP) is 5.54. The molecule has 1 saturated carbocycles. The first-order valence-electron chi connectivity index (χ1n) is 9.03. The number of amides is 1. The van der Waals surface area contributed by atoms with Crippen molar-refractivity contribution in [2.24, 2.45) is 5.41 Å². The Labute approximate surface area is 144 Å². The summed E-state index contributed by atoms with van der Waals surface area (Å²) in [6, 6.07) is 12.1. The van der Waals surface area contributed by atoms with E-state index >= 15 is 0 Å². The van der Waals surface area contributed by atoms with Crippen molar-refractivity contribution in [3.8, 4) is 5.75 Å². The number of rotatable bonds is 5. The van der Waals surface area contributed by atoms with E-state index in [1.807, 2.05) is 30.3 Å². The number of carbonyl (C=O) groups is 1. The Morgan fingerprint density at radius 1 is 1.17 bits per heavy atom. The Morgan fingerprint density at radius 3 is 2.50 bits per heavy atom. The maximum absolute atomic E-state index is 12.7. The summed E-state index contributed by atoms with van der Waals surface area (Å²) in [7, 11) is 0. The summed E-state index contributed by atoms with van der Waals surface area (Å²) in [4.78, 5) is 12.7. The van der Waals surface area contributed by atoms with Gasteiger partial charge in [-0.15, -0.1) is 0 Å². The molecule has 0 spiro atoms. The number of benzene rings is 2. The fourth-order valence-electron chi connectivity index (χ4n) is 3.44. The van der Waals surface area contributed by atoms with E-state index < -0.39 is 0 Å². The van der Waals surface area contributed by atoms with Gasteiger partial charge in [0.15, 0.2) is 0 Å². The topological polar surface area (TPSA) is 38.3 Å². The highest BCUT2D eigenvalue weighted by molar-refractivity contribution is 6.05. The molecule has 3 nitrogen and oxygen atoms in total. The van der Waals surface area contributed by atoms with Crippen LogP contribution in [0.4, 0.5) is 5.69 Å². The zero-order valence-electron chi connectivity index (χ0n) is 14.9. The first kappa shape index (κ1) is 16.8. The summed E-state index contributed by atoms with van der Waals surface area (Å²) in [6.07, 6.45) is 5.38. The first-order chi connectivity index (χ1) is 11.5. The molecule has 1 aliphatic carbocycles. The summed E-state index contributed by atoms with van der Waals surface area (Å²) in [5.41, 5.74) is 0.646. The van der Waals surface area contributed by atoms with Crippen molar-refractivity contribution in [1.82, 2.24) is 0 Å². The van der Waals surface area contributed by atoms with Crippen LogP contribution in [0.2, 0.25) is 0 Å². The first-order valence-corrected chi connectivity index (χ1v) is 9.03. The van der Waals surface area contributed by atoms with Crippen molar-refractivity contribution in [1.29, 1.82) is 0 Å². The standard InChI is InChI=1S/C21H27NO2/c1-4-15(2)24-19-12-11-18(16-9-5-6-10-17(16)19)22-20(23)21(3)13-7-8-14-21/h5-6,9-12,15H,4,7-8,13-14H2,1-3H3,(H,22,23)/t15-/m0/s1. The molecule has 1 amide bonds. The molecule has 0 radical (unpaired) electrons. The third-order valence-electron chi connectivity index (χ3n) is 5.29. The van der Waals surface area contributed by atoms with Crippen LogP contribution in [0.5, 0.6) is 5.75 Å². The van der Waals surface area contributed by atoms with Crippen LogP contribution >= 0.6 is 0 Å². The second-order valence-electron chi connectivity index (χ2n) is 7.22. The highest BCUT2D eigenvalue weighted by Crippen LogP contribution is 2.39. The second-order valence-corrected chi connectivity index (χ2v) is 7.22. The minimum Gasteiger partial charge on any atom is -0.490 e. The van der Waals surface area contributed by atoms with Crippen LogP contribution in [0.15, 0.2) is 36.4 Å². The van der Waals surface area contributed by atoms with Gasteiger partial charge in [0, 0.05) is 21.9 Å². The molecule has 3 rings (SSSR count). The number of hydrogen-bond acceptors (Lipinski definition) is 2. The van der Waals surface area contributed by atoms with Gasteiger partial charge < -0.3 is 10.1 Å². The highest BCUT2D eigenvalue weighted by Gasteiger charge is 2.36. The van der Waals surface area contributed by atoms with E-state index in [0.717, 1.165) is 54.3 Å². The molecule has 2 aromatic rings. The summed E-state index contributed by atoms with van der Waals surface area (Å²) >= 11 is 0. The van der Waals surface area contributed by atoms with E-state index in [1.165, 1.54) is 0 Å². The average molecular weight is 325 g/mol. The van der Waals surface area contributed by atoms with E-state index in [1.54, 1.807) is 0 Å². The number of carbonyl (C=O) groups excluding carboxylic acids is 1. The largest absolute Gasteiger partial charge is 0.490 e. The molecule has 0 bridgehead atoms. The monoisotopic (exact) mass is 325 g/mol. The molecular formula is C21H27NO2. The normalized spacial score (nSPS) is 17.6. The molecule has 3 heteroatoms. The van der Waals surface area contributed by atoms with E-state index in [0.29, 0.717) is 0 Å². The third-order valence-corrected chi connectivity index (χ3v) is 5.29. The maximum atomic E-state index is 12.7. The molecule has 0 aliphatic heterocycles. The lowest BCUT2D eigenvalue weighted by Gasteiger charge is -2.23. The summed E-state index contributed by atoms with van der Waals surface area (Å²) in [6.45, 7) is 6.27. The average Bonchev–Trinajstić information content (AvgIpc) is 3.05. The van der Waals surface area contributed by atoms with Gasteiger partial charge in [-0.25, -0.2) is 0 Å². The molecule has 0 unspecified atom stereocenters. The van der Waals surface area contributed by atoms with Gasteiger partial charge in [-0.05, 0) is 38.3 Å². The van der Waals surface area contributed by atoms with E-state index in [4.69, 9.17) is 4.74 Å². The van der Waals surface area contributed by atoms with Gasteiger partial charge in [-0.3, -0.25) is 4.79 Å². The van der Waals surface area contributed by atoms with Crippen molar-refractivity contribution in [2.75, 3.05) is 5.32 Å². The quantitative estimate of drug-likeness (QED) is 0.784. The van der Waals surface area contributed by atoms with Crippen LogP contribution in [-0.2, 0) is 4.79 Å². The van der Waals surface area contributed by atoms with E-state index in [2.05, 4.69) is 32.2 Å². The van der Waals surface area contributed by atoms with Gasteiger partial charge in [0.25, 0.3) is 0 Å². The van der Waals surface area contributed by atoms with Crippen molar-refractivity contribution in [3.05, 3.63) is 36.4 Å². The molecular weight excluding hydrogens is 298 g/mol. The highest BCUT2D eigenvalue weighted by atomic mass is 16.5. The third kappa shape index (κ3) is 3.26. The molecule has 1 fully saturated rings. The van der Waals surface area contributed by atoms with Crippen LogP contribution in [0, 0.1) is 5.41 Å². The Morgan fingerprint density at radius 2 is 1.83 bits per heavy atom. The van der Waals surface area contributed by atoms with Crippen molar-refractivity contribution >= 4 is 22.4 Å². The molecule has 2 aromatic carbocycles. The smallest absolute Gasteiger partial charge is 0.230 e. The second kappa shape index (κ2) is 6.84. The molecule has 0 saturated heterocycles. The van der Waals surface area contributed by atoms with E-state index in [-0.39, 0.29) is 17.4 Å². The molecule has 1 atom stereocenters. The van der Waals surface area contributed by atoms with Crippen LogP contribution in [0.1, 0.15) is 52.9 Å². The number of fused-ring (bicyclic) bond motifs is 1. The Bertz CT molecular complexity index is 732. The fraction of sp³-hybridized carbons (Fsp3) is 0.476. The van der Waals surface area contributed by atoms with Gasteiger partial charge >= 0.3 is 0 Å². The van der Waals surface area contributed by atoms with Gasteiger partial charge in [0.05, 0.1) is 6.10 Å². The summed E-state index contributed by atoms with van der Waals surface area (Å²) in [5, 5.41) is 5.25. The lowest BCUT2D eigenvalue weighted by atomic mass is 9.87. The number of nitrogens with one attached hydrogen (secondary N) is 1. The van der Waals surface area contributed by atoms with Gasteiger partial charge in [0.1, 0.15) is 5.75 Å². The van der Waals surface area contributed by atoms with Crippen LogP contribution in [0.3, 0.4) is 0 Å². The van der Waals surface area contributed by atoms with E-state index in [9.17, 15) is 4.79 Å². The molecule has 1 N–H and O–H groups in total. The molecule has 1 aliphatic rings. The fourth-order valence-corrected chi connectivity index (χ4v) is 3.44. The SMILES string of the molecule is CC[C@H](C)Oc1ccc(NC(=O)C2(C)CCCC2)c2ccccc12. The molecule has 24 heavy (non-hydrogen) atoms. The predicted molar refractivity (Wildman–Crippen MR) is 99.5 cm³/mol. The lowest BCUT2D eigenvalue weighted by molar-refractivity contribution is -0.124. The number of ether oxygens (including phenoxy) is 1. The van der Waals surface area contributed by atoms with Crippen molar-refractivity contribution in [3.63, 3.8) is 0 Å². The van der Waals surface area contributed by atoms with Gasteiger partial charge in [0.2, 0.25) is 5.91 Å². The number of anilines is 1. The zero-order valence-corrected chi connectivity index (χ0v) is 14.9. The van der Waals surface area contributed by atoms with Gasteiger partial charge in [-0.1, -0.05) is 51.0 Å². The minimum atomic E-state index is -0.229. The Kier molecular flexibility index (Phi) is 4.79. The Hall–Kier alpha value is -2.03. The van der Waals surface area contributed by atoms with Crippen molar-refractivity contribution < 1.29 is 9.53 Å². The zero-order chi connectivity index (χ0) is 17.2. The van der Waals surface area contributed by atoms with Crippen molar-refractivity contribution in [2.45, 2.75) is 59.0 Å². The molecule has 0 heterocycles. The molecule has 0 aromatic heterocycles. The summed E-state index contributed by atoms with van der Waals surface area (Å²) in [5.74, 6) is 1.02.